The molecule has 3 N–H and O–H groups in total. The number of aromatic hydroxyl groups is 1. The van der Waals surface area contributed by atoms with E-state index >= 15 is 0 Å². The van der Waals surface area contributed by atoms with Crippen molar-refractivity contribution in [3.05, 3.63) is 99.4 Å². The van der Waals surface area contributed by atoms with Crippen LogP contribution in [0.4, 0.5) is 5.82 Å². The fraction of sp³-hybridized carbons (Fsp3) is 0.286. The maximum absolute atomic E-state index is 14.5. The normalized spacial score (nSPS) is 16.2. The first-order valence-corrected chi connectivity index (χ1v) is 15.2. The van der Waals surface area contributed by atoms with Crippen molar-refractivity contribution < 1.29 is 9.84 Å². The van der Waals surface area contributed by atoms with Crippen LogP contribution in [0.5, 0.6) is 11.5 Å². The number of hydrogen-bond acceptors (Lipinski definition) is 8. The first kappa shape index (κ1) is 27.3. The maximum Gasteiger partial charge on any atom is 0.262 e. The Bertz CT molecular complexity index is 2260. The lowest BCUT2D eigenvalue weighted by atomic mass is 9.95. The standard InChI is InChI=1S/C35H33N7O3/c1-19-8-5-6-10-23(19)35(14-15-35)42-26(39-24-11-7-9-20(2)27(24)33(42)44)17-41-32-28(31(36)37-18-38-32)29(40-41)21-12-13-25(43)30-22(21)16-34(3,4)45-30/h5-13,18,43H,14-17H2,1-4H3,(H2,36,37,38). The van der Waals surface area contributed by atoms with Gasteiger partial charge in [-0.15, -0.1) is 0 Å². The summed E-state index contributed by atoms with van der Waals surface area (Å²) in [5.74, 6) is 1.41. The van der Waals surface area contributed by atoms with Gasteiger partial charge in [0.25, 0.3) is 5.56 Å². The van der Waals surface area contributed by atoms with Crippen LogP contribution in [0.2, 0.25) is 0 Å². The fourth-order valence-electron chi connectivity index (χ4n) is 7.14. The Morgan fingerprint density at radius 2 is 1.76 bits per heavy atom. The van der Waals surface area contributed by atoms with Gasteiger partial charge in [-0.05, 0) is 75.4 Å². The molecule has 8 rings (SSSR count). The molecule has 4 heterocycles. The van der Waals surface area contributed by atoms with E-state index in [2.05, 4.69) is 29.0 Å². The van der Waals surface area contributed by atoms with E-state index in [4.69, 9.17) is 20.6 Å². The zero-order valence-electron chi connectivity index (χ0n) is 25.6. The molecule has 1 aliphatic heterocycles. The van der Waals surface area contributed by atoms with Crippen molar-refractivity contribution in [1.82, 2.24) is 29.3 Å². The molecule has 3 aromatic carbocycles. The van der Waals surface area contributed by atoms with Gasteiger partial charge in [0, 0.05) is 17.5 Å². The highest BCUT2D eigenvalue weighted by molar-refractivity contribution is 5.99. The van der Waals surface area contributed by atoms with Crippen LogP contribution in [-0.2, 0) is 18.5 Å². The van der Waals surface area contributed by atoms with E-state index in [9.17, 15) is 9.90 Å². The van der Waals surface area contributed by atoms with Gasteiger partial charge < -0.3 is 15.6 Å². The summed E-state index contributed by atoms with van der Waals surface area (Å²) in [4.78, 5) is 28.5. The lowest BCUT2D eigenvalue weighted by Gasteiger charge is -2.25. The minimum atomic E-state index is -0.498. The second-order valence-corrected chi connectivity index (χ2v) is 12.9. The Morgan fingerprint density at radius 3 is 2.53 bits per heavy atom. The van der Waals surface area contributed by atoms with Gasteiger partial charge in [-0.25, -0.2) is 19.6 Å². The van der Waals surface area contributed by atoms with Gasteiger partial charge in [-0.1, -0.05) is 36.4 Å². The minimum Gasteiger partial charge on any atom is -0.504 e. The van der Waals surface area contributed by atoms with Crippen LogP contribution in [0.1, 0.15) is 54.8 Å². The first-order chi connectivity index (χ1) is 21.6. The van der Waals surface area contributed by atoms with Crippen molar-refractivity contribution >= 4 is 27.8 Å². The van der Waals surface area contributed by atoms with Crippen molar-refractivity contribution in [2.24, 2.45) is 0 Å². The zero-order valence-corrected chi connectivity index (χ0v) is 25.6. The fourth-order valence-corrected chi connectivity index (χ4v) is 7.14. The molecule has 1 aliphatic carbocycles. The van der Waals surface area contributed by atoms with E-state index in [0.29, 0.717) is 51.4 Å². The number of nitrogen functional groups attached to an aromatic ring is 1. The number of aryl methyl sites for hydroxylation is 2. The highest BCUT2D eigenvalue weighted by Crippen LogP contribution is 2.51. The van der Waals surface area contributed by atoms with Gasteiger partial charge in [0.05, 0.1) is 21.8 Å². The number of nitrogens with two attached hydrogens (primary N) is 1. The molecule has 0 unspecified atom stereocenters. The molecule has 45 heavy (non-hydrogen) atoms. The summed E-state index contributed by atoms with van der Waals surface area (Å²) in [5, 5.41) is 16.9. The number of nitrogens with zero attached hydrogens (tertiary/aromatic N) is 6. The molecule has 0 spiro atoms. The van der Waals surface area contributed by atoms with E-state index < -0.39 is 11.1 Å². The Kier molecular flexibility index (Phi) is 5.69. The predicted octanol–water partition coefficient (Wildman–Crippen LogP) is 5.41. The zero-order chi connectivity index (χ0) is 31.2. The van der Waals surface area contributed by atoms with Crippen LogP contribution < -0.4 is 16.0 Å². The molecule has 0 bridgehead atoms. The summed E-state index contributed by atoms with van der Waals surface area (Å²) in [6.07, 6.45) is 3.67. The van der Waals surface area contributed by atoms with Crippen molar-refractivity contribution in [2.75, 3.05) is 5.73 Å². The molecule has 10 heteroatoms. The largest absolute Gasteiger partial charge is 0.504 e. The van der Waals surface area contributed by atoms with Crippen LogP contribution >= 0.6 is 0 Å². The van der Waals surface area contributed by atoms with Crippen molar-refractivity contribution in [2.45, 2.75) is 64.6 Å². The Labute approximate surface area is 259 Å². The quantitative estimate of drug-likeness (QED) is 0.269. The smallest absolute Gasteiger partial charge is 0.262 e. The van der Waals surface area contributed by atoms with E-state index in [0.717, 1.165) is 40.7 Å². The van der Waals surface area contributed by atoms with Crippen LogP contribution in [0, 0.1) is 13.8 Å². The summed E-state index contributed by atoms with van der Waals surface area (Å²) in [5.41, 5.74) is 12.0. The number of anilines is 1. The molecule has 1 saturated carbocycles. The molecule has 0 radical (unpaired) electrons. The van der Waals surface area contributed by atoms with E-state index in [-0.39, 0.29) is 17.9 Å². The summed E-state index contributed by atoms with van der Waals surface area (Å²) in [7, 11) is 0. The lowest BCUT2D eigenvalue weighted by Crippen LogP contribution is -2.36. The number of benzene rings is 3. The molecule has 226 valence electrons. The second kappa shape index (κ2) is 9.37. The first-order valence-electron chi connectivity index (χ1n) is 15.2. The number of phenols is 1. The molecular weight excluding hydrogens is 566 g/mol. The van der Waals surface area contributed by atoms with Crippen LogP contribution in [-0.4, -0.2) is 40.0 Å². The lowest BCUT2D eigenvalue weighted by molar-refractivity contribution is 0.134. The maximum atomic E-state index is 14.5. The predicted molar refractivity (Wildman–Crippen MR) is 173 cm³/mol. The molecule has 3 aromatic heterocycles. The third kappa shape index (κ3) is 4.04. The van der Waals surface area contributed by atoms with Crippen LogP contribution in [0.25, 0.3) is 33.2 Å². The monoisotopic (exact) mass is 599 g/mol. The second-order valence-electron chi connectivity index (χ2n) is 12.9. The number of hydrogen-bond donors (Lipinski definition) is 2. The van der Waals surface area contributed by atoms with Crippen molar-refractivity contribution in [3.8, 4) is 22.8 Å². The third-order valence-electron chi connectivity index (χ3n) is 9.30. The number of aromatic nitrogens is 6. The van der Waals surface area contributed by atoms with E-state index in [1.807, 2.05) is 61.7 Å². The minimum absolute atomic E-state index is 0.0598. The number of ether oxygens (including phenoxy) is 1. The van der Waals surface area contributed by atoms with E-state index in [1.165, 1.54) is 6.33 Å². The summed E-state index contributed by atoms with van der Waals surface area (Å²) in [6, 6.07) is 17.5. The highest BCUT2D eigenvalue weighted by Gasteiger charge is 2.49. The Morgan fingerprint density at radius 1 is 0.978 bits per heavy atom. The molecule has 1 fully saturated rings. The van der Waals surface area contributed by atoms with Crippen molar-refractivity contribution in [1.29, 1.82) is 0 Å². The van der Waals surface area contributed by atoms with Gasteiger partial charge in [0.1, 0.15) is 35.8 Å². The van der Waals surface area contributed by atoms with Gasteiger partial charge in [-0.3, -0.25) is 9.36 Å². The molecule has 0 saturated heterocycles. The number of rotatable bonds is 5. The van der Waals surface area contributed by atoms with E-state index in [1.54, 1.807) is 10.7 Å². The van der Waals surface area contributed by atoms with Crippen LogP contribution in [0.3, 0.4) is 0 Å². The van der Waals surface area contributed by atoms with Gasteiger partial charge in [0.15, 0.2) is 17.1 Å². The Balaban J connectivity index is 1.36. The molecule has 2 aliphatic rings. The van der Waals surface area contributed by atoms with Crippen molar-refractivity contribution in [3.63, 3.8) is 0 Å². The molecule has 0 amide bonds. The average Bonchev–Trinajstić information content (AvgIpc) is 3.59. The van der Waals surface area contributed by atoms with Crippen LogP contribution in [0.15, 0.2) is 65.7 Å². The summed E-state index contributed by atoms with van der Waals surface area (Å²) >= 11 is 0. The topological polar surface area (TPSA) is 134 Å². The molecular formula is C35H33N7O3. The number of phenolic OH excluding ortho intramolecular Hbond substituents is 1. The SMILES string of the molecule is Cc1ccccc1C1(n2c(Cn3nc(-c4ccc(O)c5c4CC(C)(C)O5)c4c(N)ncnc43)nc3cccc(C)c3c2=O)CC1. The summed E-state index contributed by atoms with van der Waals surface area (Å²) in [6.45, 7) is 8.20. The third-order valence-corrected chi connectivity index (χ3v) is 9.30. The van der Waals surface area contributed by atoms with Gasteiger partial charge in [-0.2, -0.15) is 5.10 Å². The van der Waals surface area contributed by atoms with Gasteiger partial charge >= 0.3 is 0 Å². The average molecular weight is 600 g/mol. The summed E-state index contributed by atoms with van der Waals surface area (Å²) < 4.78 is 9.77. The number of fused-ring (bicyclic) bond motifs is 3. The molecule has 0 atom stereocenters. The Hall–Kier alpha value is -5.25. The van der Waals surface area contributed by atoms with Gasteiger partial charge in [0.2, 0.25) is 0 Å². The molecule has 6 aromatic rings. The highest BCUT2D eigenvalue weighted by atomic mass is 16.5. The molecule has 10 nitrogen and oxygen atoms in total.